The van der Waals surface area contributed by atoms with Crippen molar-refractivity contribution in [2.45, 2.75) is 113 Å². The van der Waals surface area contributed by atoms with Gasteiger partial charge in [0.2, 0.25) is 0 Å². The molecule has 1 rings (SSSR count). The first kappa shape index (κ1) is 36.7. The molecule has 2 N–H and O–H groups in total. The molecule has 1 aliphatic carbocycles. The minimum atomic E-state index is 0.727. The Morgan fingerprint density at radius 1 is 1.10 bits per heavy atom. The topological polar surface area (TPSA) is 26.0 Å². The standard InChI is InChI=1S/C19H30.C5H12.C2H6.C2H2.H2N.Sb/c1-5-18-12-14-19(15-13-18)11-7-10-17(4)9-6-8-16(2)3;1-3-5-4-2;2*1-2;;/h5,8,10,14,18H,1,6-7,9,11-13,15H2,2-4H3;3-5H2,1-2H3;1-2H3;1-2H;1H2;/q;;;;-1;+1/b17-10+;;;;;. The summed E-state index contributed by atoms with van der Waals surface area (Å²) in [4.78, 5) is 0. The fourth-order valence-electron chi connectivity index (χ4n) is 2.90. The predicted octanol–water partition coefficient (Wildman–Crippen LogP) is 8.87. The first-order chi connectivity index (χ1) is 14.5. The summed E-state index contributed by atoms with van der Waals surface area (Å²) in [6.07, 6.45) is 30.1. The third kappa shape index (κ3) is 29.5. The third-order valence-corrected chi connectivity index (χ3v) is 4.64. The van der Waals surface area contributed by atoms with Crippen LogP contribution < -0.4 is 3.89 Å². The summed E-state index contributed by atoms with van der Waals surface area (Å²) in [6, 6.07) is 0. The molecule has 1 atom stereocenters. The van der Waals surface area contributed by atoms with Gasteiger partial charge in [0.25, 0.3) is 0 Å². The van der Waals surface area contributed by atoms with Crippen LogP contribution in [0.3, 0.4) is 0 Å². The average molecular weight is 524 g/mol. The molecule has 0 fully saturated rings. The fraction of sp³-hybridized carbons (Fsp3) is 0.643. The number of allylic oxidation sites excluding steroid dienone is 7. The molecule has 0 aromatic rings. The van der Waals surface area contributed by atoms with E-state index in [2.05, 4.69) is 82.2 Å². The van der Waals surface area contributed by atoms with Crippen molar-refractivity contribution in [2.75, 3.05) is 0 Å². The van der Waals surface area contributed by atoms with E-state index in [9.17, 15) is 0 Å². The van der Waals surface area contributed by atoms with Crippen LogP contribution in [0.1, 0.15) is 113 Å². The summed E-state index contributed by atoms with van der Waals surface area (Å²) >= 11 is 1.25. The van der Waals surface area contributed by atoms with Crippen LogP contribution in [0.5, 0.6) is 0 Å². The second kappa shape index (κ2) is 32.9. The van der Waals surface area contributed by atoms with Crippen molar-refractivity contribution in [1.82, 2.24) is 0 Å². The molecule has 2 heteroatoms. The van der Waals surface area contributed by atoms with Gasteiger partial charge < -0.3 is 0 Å². The number of nitrogens with two attached hydrogens (primary N) is 1. The van der Waals surface area contributed by atoms with Crippen molar-refractivity contribution < 1.29 is 0 Å². The zero-order chi connectivity index (χ0) is 24.2. The summed E-state index contributed by atoms with van der Waals surface area (Å²) in [7, 11) is 0. The maximum atomic E-state index is 4.55. The van der Waals surface area contributed by atoms with Crippen LogP contribution >= 0.6 is 0 Å². The Hall–Kier alpha value is -0.702. The molecule has 0 aromatic carbocycles. The van der Waals surface area contributed by atoms with Crippen molar-refractivity contribution >= 4 is 23.3 Å². The Balaban J connectivity index is -0.000000259. The van der Waals surface area contributed by atoms with Crippen LogP contribution in [0.25, 0.3) is 0 Å². The van der Waals surface area contributed by atoms with Gasteiger partial charge >= 0.3 is 27.2 Å². The molecular formula is C28H52NSb. The van der Waals surface area contributed by atoms with Gasteiger partial charge in [0.1, 0.15) is 0 Å². The van der Waals surface area contributed by atoms with Crippen LogP contribution in [-0.2, 0) is 0 Å². The zero-order valence-electron chi connectivity index (χ0n) is 21.3. The van der Waals surface area contributed by atoms with E-state index in [1.807, 2.05) is 13.8 Å². The van der Waals surface area contributed by atoms with Gasteiger partial charge in [-0.15, -0.1) is 19.4 Å². The van der Waals surface area contributed by atoms with Crippen molar-refractivity contribution in [3.8, 4) is 12.8 Å². The van der Waals surface area contributed by atoms with Gasteiger partial charge in [-0.1, -0.05) is 88.0 Å². The van der Waals surface area contributed by atoms with Gasteiger partial charge in [-0.2, -0.15) is 0 Å². The van der Waals surface area contributed by atoms with Crippen LogP contribution in [-0.4, -0.2) is 23.3 Å². The molecule has 0 saturated carbocycles. The van der Waals surface area contributed by atoms with Gasteiger partial charge in [-0.3, -0.25) is 0 Å². The Bertz CT molecular complexity index is 449. The van der Waals surface area contributed by atoms with E-state index in [1.54, 1.807) is 5.57 Å². The number of terminal acetylenes is 1. The normalized spacial score (nSPS) is 14.4. The second-order valence-corrected chi connectivity index (χ2v) is 7.40. The number of hydrogen-bond donors (Lipinski definition) is 1. The Morgan fingerprint density at radius 2 is 1.67 bits per heavy atom. The molecule has 0 amide bonds. The van der Waals surface area contributed by atoms with Gasteiger partial charge in [-0.05, 0) is 71.6 Å². The molecule has 0 aliphatic heterocycles. The molecule has 174 valence electrons. The van der Waals surface area contributed by atoms with Crippen molar-refractivity contribution in [3.63, 3.8) is 0 Å². The quantitative estimate of drug-likeness (QED) is 0.182. The number of unbranched alkanes of at least 4 members (excludes halogenated alkanes) is 2. The first-order valence-electron chi connectivity index (χ1n) is 11.7. The van der Waals surface area contributed by atoms with Gasteiger partial charge in [0.05, 0.1) is 0 Å². The number of rotatable bonds is 9. The first-order valence-corrected chi connectivity index (χ1v) is 13.2. The third-order valence-electron chi connectivity index (χ3n) is 4.64. The second-order valence-electron chi connectivity index (χ2n) is 7.40. The Labute approximate surface area is 205 Å². The SMILES string of the molecule is C#C.C=CC1CC=C(CC/C=C(\C)CCC=C(C)C)CC1.CC.CCCCC.[NH2][Sb]. The summed E-state index contributed by atoms with van der Waals surface area (Å²) in [5.74, 6) is 0.727. The fourth-order valence-corrected chi connectivity index (χ4v) is 2.90. The molecule has 0 bridgehead atoms. The summed E-state index contributed by atoms with van der Waals surface area (Å²) in [6.45, 7) is 18.9. The van der Waals surface area contributed by atoms with Gasteiger partial charge in [-0.25, -0.2) is 0 Å². The minimum absolute atomic E-state index is 0.727. The van der Waals surface area contributed by atoms with Gasteiger partial charge in [0.15, 0.2) is 0 Å². The van der Waals surface area contributed by atoms with Crippen LogP contribution in [0.2, 0.25) is 0 Å². The number of hydrogen-bond acceptors (Lipinski definition) is 1. The molecule has 2 radical (unpaired) electrons. The zero-order valence-corrected chi connectivity index (χ0v) is 23.9. The van der Waals surface area contributed by atoms with Crippen LogP contribution in [0.4, 0.5) is 0 Å². The molecular weight excluding hydrogens is 472 g/mol. The van der Waals surface area contributed by atoms with Crippen LogP contribution in [0, 0.1) is 18.8 Å². The molecule has 0 heterocycles. The molecule has 1 aliphatic rings. The molecule has 0 aromatic heterocycles. The monoisotopic (exact) mass is 523 g/mol. The van der Waals surface area contributed by atoms with Crippen LogP contribution in [0.15, 0.2) is 47.6 Å². The van der Waals surface area contributed by atoms with E-state index in [0.717, 1.165) is 5.92 Å². The summed E-state index contributed by atoms with van der Waals surface area (Å²) < 4.78 is 4.55. The van der Waals surface area contributed by atoms with E-state index >= 15 is 0 Å². The summed E-state index contributed by atoms with van der Waals surface area (Å²) in [5, 5.41) is 0. The molecule has 30 heavy (non-hydrogen) atoms. The Morgan fingerprint density at radius 3 is 2.03 bits per heavy atom. The van der Waals surface area contributed by atoms with Crippen molar-refractivity contribution in [1.29, 1.82) is 0 Å². The van der Waals surface area contributed by atoms with E-state index in [0.29, 0.717) is 0 Å². The van der Waals surface area contributed by atoms with E-state index in [-0.39, 0.29) is 0 Å². The average Bonchev–Trinajstić information content (AvgIpc) is 2.79. The Kier molecular flexibility index (Phi) is 40.3. The molecule has 1 unspecified atom stereocenters. The van der Waals surface area contributed by atoms with Gasteiger partial charge in [0, 0.05) is 0 Å². The van der Waals surface area contributed by atoms with E-state index < -0.39 is 0 Å². The van der Waals surface area contributed by atoms with Crippen molar-refractivity contribution in [2.24, 2.45) is 9.81 Å². The van der Waals surface area contributed by atoms with Crippen molar-refractivity contribution in [3.05, 3.63) is 47.6 Å². The molecule has 1 nitrogen and oxygen atoms in total. The maximum absolute atomic E-state index is 4.55. The molecule has 0 spiro atoms. The van der Waals surface area contributed by atoms with E-state index in [4.69, 9.17) is 0 Å². The molecule has 0 saturated heterocycles. The van der Waals surface area contributed by atoms with E-state index in [1.165, 1.54) is 98.7 Å². The predicted molar refractivity (Wildman–Crippen MR) is 144 cm³/mol. The summed E-state index contributed by atoms with van der Waals surface area (Å²) in [5.41, 5.74) is 4.63.